The summed E-state index contributed by atoms with van der Waals surface area (Å²) in [6, 6.07) is 0. The molecule has 0 bridgehead atoms. The Morgan fingerprint density at radius 1 is 1.24 bits per heavy atom. The predicted octanol–water partition coefficient (Wildman–Crippen LogP) is 2.12. The van der Waals surface area contributed by atoms with Crippen molar-refractivity contribution in [2.75, 3.05) is 46.4 Å². The van der Waals surface area contributed by atoms with E-state index in [-0.39, 0.29) is 0 Å². The Morgan fingerprint density at radius 2 is 2.06 bits per heavy atom. The molecule has 0 aromatic heterocycles. The Kier molecular flexibility index (Phi) is 7.09. The van der Waals surface area contributed by atoms with Gasteiger partial charge in [0.05, 0.1) is 6.61 Å². The van der Waals surface area contributed by atoms with Crippen LogP contribution in [-0.4, -0.2) is 51.3 Å². The van der Waals surface area contributed by atoms with Gasteiger partial charge in [-0.1, -0.05) is 13.8 Å². The summed E-state index contributed by atoms with van der Waals surface area (Å²) in [6.45, 7) is 11.6. The average Bonchev–Trinajstić information content (AvgIpc) is 2.27. The minimum atomic E-state index is 0.537. The standard InChI is InChI=1S/C14H30N2O/c1-14(2)7-6-11-16(13-14)10-5-4-8-15-9-12-17-3/h15H,4-13H2,1-3H3. The molecule has 1 fully saturated rings. The number of nitrogens with zero attached hydrogens (tertiary/aromatic N) is 1. The summed E-state index contributed by atoms with van der Waals surface area (Å²) in [7, 11) is 1.75. The lowest BCUT2D eigenvalue weighted by Gasteiger charge is -2.38. The lowest BCUT2D eigenvalue weighted by Crippen LogP contribution is -2.40. The third kappa shape index (κ3) is 7.02. The van der Waals surface area contributed by atoms with Crippen LogP contribution in [0.15, 0.2) is 0 Å². The fraction of sp³-hybridized carbons (Fsp3) is 1.00. The summed E-state index contributed by atoms with van der Waals surface area (Å²) >= 11 is 0. The summed E-state index contributed by atoms with van der Waals surface area (Å²) in [4.78, 5) is 2.64. The second-order valence-corrected chi connectivity index (χ2v) is 5.99. The molecule has 1 rings (SSSR count). The van der Waals surface area contributed by atoms with E-state index >= 15 is 0 Å². The molecule has 0 saturated carbocycles. The number of rotatable bonds is 8. The highest BCUT2D eigenvalue weighted by atomic mass is 16.5. The second kappa shape index (κ2) is 8.06. The van der Waals surface area contributed by atoms with Crippen molar-refractivity contribution in [3.05, 3.63) is 0 Å². The van der Waals surface area contributed by atoms with Gasteiger partial charge in [-0.15, -0.1) is 0 Å². The van der Waals surface area contributed by atoms with Gasteiger partial charge in [0.2, 0.25) is 0 Å². The lowest BCUT2D eigenvalue weighted by molar-refractivity contribution is 0.116. The van der Waals surface area contributed by atoms with Gasteiger partial charge in [-0.2, -0.15) is 0 Å². The maximum atomic E-state index is 5.00. The van der Waals surface area contributed by atoms with E-state index in [1.165, 1.54) is 45.3 Å². The molecule has 0 aromatic rings. The molecule has 0 unspecified atom stereocenters. The van der Waals surface area contributed by atoms with Crippen LogP contribution in [0.5, 0.6) is 0 Å². The first-order valence-corrected chi connectivity index (χ1v) is 7.06. The number of ether oxygens (including phenoxy) is 1. The van der Waals surface area contributed by atoms with E-state index in [0.717, 1.165) is 19.7 Å². The van der Waals surface area contributed by atoms with E-state index in [2.05, 4.69) is 24.1 Å². The molecule has 1 aliphatic heterocycles. The van der Waals surface area contributed by atoms with Crippen LogP contribution < -0.4 is 5.32 Å². The minimum Gasteiger partial charge on any atom is -0.383 e. The zero-order valence-corrected chi connectivity index (χ0v) is 11.9. The molecule has 1 aliphatic rings. The third-order valence-electron chi connectivity index (χ3n) is 3.54. The molecule has 1 saturated heterocycles. The molecule has 1 N–H and O–H groups in total. The van der Waals surface area contributed by atoms with Gasteiger partial charge in [0.1, 0.15) is 0 Å². The average molecular weight is 242 g/mol. The van der Waals surface area contributed by atoms with Crippen molar-refractivity contribution < 1.29 is 4.74 Å². The molecule has 0 radical (unpaired) electrons. The predicted molar refractivity (Wildman–Crippen MR) is 73.4 cm³/mol. The Morgan fingerprint density at radius 3 is 2.76 bits per heavy atom. The maximum Gasteiger partial charge on any atom is 0.0587 e. The smallest absolute Gasteiger partial charge is 0.0587 e. The van der Waals surface area contributed by atoms with Gasteiger partial charge in [-0.3, -0.25) is 0 Å². The van der Waals surface area contributed by atoms with Gasteiger partial charge < -0.3 is 15.0 Å². The van der Waals surface area contributed by atoms with Crippen LogP contribution in [0.1, 0.15) is 39.5 Å². The summed E-state index contributed by atoms with van der Waals surface area (Å²) < 4.78 is 5.00. The second-order valence-electron chi connectivity index (χ2n) is 5.99. The van der Waals surface area contributed by atoms with Crippen molar-refractivity contribution in [3.8, 4) is 0 Å². The van der Waals surface area contributed by atoms with Crippen LogP contribution in [-0.2, 0) is 4.74 Å². The topological polar surface area (TPSA) is 24.5 Å². The highest BCUT2D eigenvalue weighted by Crippen LogP contribution is 2.28. The van der Waals surface area contributed by atoms with E-state index in [0.29, 0.717) is 5.41 Å². The molecule has 0 spiro atoms. The lowest BCUT2D eigenvalue weighted by atomic mass is 9.84. The number of piperidine rings is 1. The van der Waals surface area contributed by atoms with Gasteiger partial charge in [0.25, 0.3) is 0 Å². The Hall–Kier alpha value is -0.120. The van der Waals surface area contributed by atoms with Gasteiger partial charge in [0, 0.05) is 20.2 Å². The highest BCUT2D eigenvalue weighted by Gasteiger charge is 2.25. The monoisotopic (exact) mass is 242 g/mol. The maximum absolute atomic E-state index is 5.00. The molecule has 17 heavy (non-hydrogen) atoms. The van der Waals surface area contributed by atoms with Gasteiger partial charge in [-0.05, 0) is 50.7 Å². The number of hydrogen-bond acceptors (Lipinski definition) is 3. The molecule has 0 atom stereocenters. The Balaban J connectivity index is 1.95. The third-order valence-corrected chi connectivity index (χ3v) is 3.54. The molecule has 3 heteroatoms. The zero-order valence-electron chi connectivity index (χ0n) is 11.9. The molecular weight excluding hydrogens is 212 g/mol. The summed E-state index contributed by atoms with van der Waals surface area (Å²) in [5.41, 5.74) is 0.537. The first kappa shape index (κ1) is 14.9. The molecule has 3 nitrogen and oxygen atoms in total. The number of likely N-dealkylation sites (tertiary alicyclic amines) is 1. The quantitative estimate of drug-likeness (QED) is 0.660. The van der Waals surface area contributed by atoms with Crippen molar-refractivity contribution in [1.29, 1.82) is 0 Å². The molecule has 0 aliphatic carbocycles. The first-order chi connectivity index (χ1) is 8.14. The van der Waals surface area contributed by atoms with E-state index in [1.807, 2.05) is 0 Å². The van der Waals surface area contributed by atoms with E-state index in [4.69, 9.17) is 4.74 Å². The summed E-state index contributed by atoms with van der Waals surface area (Å²) in [6.07, 6.45) is 5.36. The molecule has 102 valence electrons. The molecular formula is C14H30N2O. The van der Waals surface area contributed by atoms with Crippen LogP contribution in [0.2, 0.25) is 0 Å². The minimum absolute atomic E-state index is 0.537. The van der Waals surface area contributed by atoms with Crippen molar-refractivity contribution >= 4 is 0 Å². The summed E-state index contributed by atoms with van der Waals surface area (Å²) in [5.74, 6) is 0. The number of hydrogen-bond donors (Lipinski definition) is 1. The first-order valence-electron chi connectivity index (χ1n) is 7.06. The van der Waals surface area contributed by atoms with Crippen LogP contribution >= 0.6 is 0 Å². The molecule has 1 heterocycles. The fourth-order valence-corrected chi connectivity index (χ4v) is 2.62. The van der Waals surface area contributed by atoms with Crippen molar-refractivity contribution in [1.82, 2.24) is 10.2 Å². The zero-order chi connectivity index (χ0) is 12.6. The van der Waals surface area contributed by atoms with Gasteiger partial charge in [-0.25, -0.2) is 0 Å². The van der Waals surface area contributed by atoms with Crippen molar-refractivity contribution in [2.45, 2.75) is 39.5 Å². The SMILES string of the molecule is COCCNCCCCN1CCCC(C)(C)C1. The van der Waals surface area contributed by atoms with Gasteiger partial charge >= 0.3 is 0 Å². The molecule has 0 amide bonds. The van der Waals surface area contributed by atoms with Crippen molar-refractivity contribution in [2.24, 2.45) is 5.41 Å². The largest absolute Gasteiger partial charge is 0.383 e. The van der Waals surface area contributed by atoms with Crippen LogP contribution in [0.4, 0.5) is 0 Å². The highest BCUT2D eigenvalue weighted by molar-refractivity contribution is 4.79. The normalized spacial score (nSPS) is 20.6. The Labute approximate surface area is 107 Å². The van der Waals surface area contributed by atoms with E-state index < -0.39 is 0 Å². The van der Waals surface area contributed by atoms with Crippen LogP contribution in [0, 0.1) is 5.41 Å². The number of unbranched alkanes of at least 4 members (excludes halogenated alkanes) is 1. The number of methoxy groups -OCH3 is 1. The summed E-state index contributed by atoms with van der Waals surface area (Å²) in [5, 5.41) is 3.40. The van der Waals surface area contributed by atoms with Crippen LogP contribution in [0.25, 0.3) is 0 Å². The van der Waals surface area contributed by atoms with Gasteiger partial charge in [0.15, 0.2) is 0 Å². The van der Waals surface area contributed by atoms with Crippen molar-refractivity contribution in [3.63, 3.8) is 0 Å². The van der Waals surface area contributed by atoms with E-state index in [9.17, 15) is 0 Å². The Bertz CT molecular complexity index is 195. The van der Waals surface area contributed by atoms with E-state index in [1.54, 1.807) is 7.11 Å². The molecule has 0 aromatic carbocycles. The number of nitrogens with one attached hydrogen (secondary N) is 1. The van der Waals surface area contributed by atoms with Crippen LogP contribution in [0.3, 0.4) is 0 Å². The fourth-order valence-electron chi connectivity index (χ4n) is 2.62.